The molecule has 0 saturated carbocycles. The Balaban J connectivity index is 3.65. The molecule has 0 saturated heterocycles. The van der Waals surface area contributed by atoms with Crippen molar-refractivity contribution in [1.29, 1.82) is 0 Å². The summed E-state index contributed by atoms with van der Waals surface area (Å²) in [4.78, 5) is 11.3. The Morgan fingerprint density at radius 2 is 1.94 bits per heavy atom. The molecular formula is C13H28N2O2. The van der Waals surface area contributed by atoms with Gasteiger partial charge in [0.1, 0.15) is 0 Å². The van der Waals surface area contributed by atoms with Gasteiger partial charge in [-0.2, -0.15) is 0 Å². The van der Waals surface area contributed by atoms with Crippen LogP contribution in [0.25, 0.3) is 0 Å². The van der Waals surface area contributed by atoms with Gasteiger partial charge in [0.2, 0.25) is 5.91 Å². The minimum absolute atomic E-state index is 0.311. The molecule has 0 aliphatic heterocycles. The van der Waals surface area contributed by atoms with Gasteiger partial charge in [-0.25, -0.2) is 0 Å². The van der Waals surface area contributed by atoms with E-state index in [1.165, 1.54) is 19.3 Å². The van der Waals surface area contributed by atoms with E-state index in [0.29, 0.717) is 13.0 Å². The fraction of sp³-hybridized carbons (Fsp3) is 0.923. The minimum Gasteiger partial charge on any atom is -0.381 e. The number of unbranched alkanes of at least 4 members (excludes halogenated alkanes) is 3. The fourth-order valence-corrected chi connectivity index (χ4v) is 1.70. The van der Waals surface area contributed by atoms with E-state index in [9.17, 15) is 4.79 Å². The van der Waals surface area contributed by atoms with Gasteiger partial charge in [0.15, 0.2) is 0 Å². The van der Waals surface area contributed by atoms with E-state index < -0.39 is 5.54 Å². The number of hydrogen-bond donors (Lipinski definition) is 2. The molecule has 4 nitrogen and oxygen atoms in total. The smallest absolute Gasteiger partial charge is 0.237 e. The Morgan fingerprint density at radius 3 is 2.47 bits per heavy atom. The van der Waals surface area contributed by atoms with E-state index in [2.05, 4.69) is 12.2 Å². The van der Waals surface area contributed by atoms with Crippen LogP contribution in [-0.4, -0.2) is 31.2 Å². The van der Waals surface area contributed by atoms with Gasteiger partial charge in [0.25, 0.3) is 0 Å². The molecule has 4 heteroatoms. The van der Waals surface area contributed by atoms with Crippen molar-refractivity contribution in [3.8, 4) is 0 Å². The zero-order valence-electron chi connectivity index (χ0n) is 11.6. The number of likely N-dealkylation sites (N-methyl/N-ethyl adjacent to an activating group) is 1. The molecule has 0 aliphatic rings. The van der Waals surface area contributed by atoms with E-state index in [4.69, 9.17) is 10.5 Å². The van der Waals surface area contributed by atoms with Crippen molar-refractivity contribution in [2.24, 2.45) is 5.73 Å². The Hall–Kier alpha value is -0.610. The third-order valence-electron chi connectivity index (χ3n) is 3.00. The largest absolute Gasteiger partial charge is 0.381 e. The lowest BCUT2D eigenvalue weighted by molar-refractivity contribution is -0.124. The van der Waals surface area contributed by atoms with E-state index in [1.54, 1.807) is 0 Å². The van der Waals surface area contributed by atoms with Crippen LogP contribution in [0.4, 0.5) is 0 Å². The van der Waals surface area contributed by atoms with Crippen molar-refractivity contribution in [1.82, 2.24) is 5.32 Å². The molecule has 1 amide bonds. The lowest BCUT2D eigenvalue weighted by atomic mass is 9.97. The van der Waals surface area contributed by atoms with Crippen LogP contribution in [0.2, 0.25) is 0 Å². The molecule has 0 heterocycles. The first kappa shape index (κ1) is 16.4. The maximum absolute atomic E-state index is 11.3. The number of nitrogens with one attached hydrogen (secondary N) is 1. The first-order chi connectivity index (χ1) is 8.06. The number of nitrogens with two attached hydrogens (primary N) is 1. The van der Waals surface area contributed by atoms with Gasteiger partial charge in [-0.3, -0.25) is 4.79 Å². The van der Waals surface area contributed by atoms with Gasteiger partial charge < -0.3 is 15.8 Å². The summed E-state index contributed by atoms with van der Waals surface area (Å²) in [7, 11) is 0. The number of rotatable bonds is 11. The highest BCUT2D eigenvalue weighted by atomic mass is 16.5. The van der Waals surface area contributed by atoms with E-state index in [-0.39, 0.29) is 5.91 Å². The minimum atomic E-state index is -0.641. The summed E-state index contributed by atoms with van der Waals surface area (Å²) in [5.74, 6) is -0.311. The maximum atomic E-state index is 11.3. The van der Waals surface area contributed by atoms with Crippen molar-refractivity contribution in [2.75, 3.05) is 19.8 Å². The monoisotopic (exact) mass is 244 g/mol. The third kappa shape index (κ3) is 7.34. The number of ether oxygens (including phenoxy) is 1. The van der Waals surface area contributed by atoms with Gasteiger partial charge in [-0.15, -0.1) is 0 Å². The Morgan fingerprint density at radius 1 is 1.24 bits per heavy atom. The predicted octanol–water partition coefficient (Wildman–Crippen LogP) is 1.83. The fourth-order valence-electron chi connectivity index (χ4n) is 1.70. The summed E-state index contributed by atoms with van der Waals surface area (Å²) in [6.07, 6.45) is 5.45. The lowest BCUT2D eigenvalue weighted by Crippen LogP contribution is -2.53. The van der Waals surface area contributed by atoms with Crippen molar-refractivity contribution in [3.05, 3.63) is 0 Å². The first-order valence-corrected chi connectivity index (χ1v) is 6.69. The Bertz CT molecular complexity index is 210. The third-order valence-corrected chi connectivity index (χ3v) is 3.00. The molecule has 0 rings (SSSR count). The van der Waals surface area contributed by atoms with Crippen LogP contribution < -0.4 is 11.1 Å². The molecule has 1 atom stereocenters. The average molecular weight is 244 g/mol. The lowest BCUT2D eigenvalue weighted by Gasteiger charge is -2.26. The van der Waals surface area contributed by atoms with E-state index >= 15 is 0 Å². The normalized spacial score (nSPS) is 14.5. The molecule has 17 heavy (non-hydrogen) atoms. The van der Waals surface area contributed by atoms with Gasteiger partial charge in [-0.1, -0.05) is 33.1 Å². The molecule has 1 unspecified atom stereocenters. The van der Waals surface area contributed by atoms with Crippen molar-refractivity contribution in [2.45, 2.75) is 58.4 Å². The van der Waals surface area contributed by atoms with Crippen LogP contribution >= 0.6 is 0 Å². The second-order valence-corrected chi connectivity index (χ2v) is 4.65. The Kier molecular flexibility index (Phi) is 9.09. The number of primary amides is 1. The molecule has 0 fully saturated rings. The quantitative estimate of drug-likeness (QED) is 0.545. The molecule has 0 bridgehead atoms. The number of hydrogen-bond acceptors (Lipinski definition) is 3. The van der Waals surface area contributed by atoms with Gasteiger partial charge in [-0.05, 0) is 26.3 Å². The highest BCUT2D eigenvalue weighted by Crippen LogP contribution is 2.09. The van der Waals surface area contributed by atoms with E-state index in [0.717, 1.165) is 19.6 Å². The molecular weight excluding hydrogens is 216 g/mol. The number of carbonyl (C=O) groups is 1. The molecule has 102 valence electrons. The molecule has 0 aromatic carbocycles. The number of amides is 1. The van der Waals surface area contributed by atoms with Crippen LogP contribution in [0, 0.1) is 0 Å². The van der Waals surface area contributed by atoms with Crippen LogP contribution in [0.3, 0.4) is 0 Å². The van der Waals surface area contributed by atoms with Crippen LogP contribution in [0.1, 0.15) is 52.9 Å². The summed E-state index contributed by atoms with van der Waals surface area (Å²) >= 11 is 0. The summed E-state index contributed by atoms with van der Waals surface area (Å²) in [6, 6.07) is 0. The number of carbonyl (C=O) groups excluding carboxylic acids is 1. The maximum Gasteiger partial charge on any atom is 0.237 e. The van der Waals surface area contributed by atoms with Gasteiger partial charge in [0, 0.05) is 13.2 Å². The molecule has 0 radical (unpaired) electrons. The summed E-state index contributed by atoms with van der Waals surface area (Å²) in [5, 5.41) is 3.12. The second-order valence-electron chi connectivity index (χ2n) is 4.65. The molecule has 0 aromatic rings. The summed E-state index contributed by atoms with van der Waals surface area (Å²) in [6.45, 7) is 8.08. The Labute approximate surface area is 105 Å². The zero-order chi connectivity index (χ0) is 13.1. The topological polar surface area (TPSA) is 64.3 Å². The van der Waals surface area contributed by atoms with Crippen LogP contribution in [0.5, 0.6) is 0 Å². The summed E-state index contributed by atoms with van der Waals surface area (Å²) in [5.41, 5.74) is 4.74. The van der Waals surface area contributed by atoms with Crippen molar-refractivity contribution < 1.29 is 9.53 Å². The highest BCUT2D eigenvalue weighted by Gasteiger charge is 2.29. The van der Waals surface area contributed by atoms with Crippen molar-refractivity contribution >= 4 is 5.91 Å². The molecule has 3 N–H and O–H groups in total. The SMILES string of the molecule is CCCCCCOCCC(C)(NCC)C(N)=O. The predicted molar refractivity (Wildman–Crippen MR) is 70.9 cm³/mol. The van der Waals surface area contributed by atoms with Gasteiger partial charge >= 0.3 is 0 Å². The molecule has 0 spiro atoms. The van der Waals surface area contributed by atoms with Gasteiger partial charge in [0.05, 0.1) is 5.54 Å². The van der Waals surface area contributed by atoms with Crippen molar-refractivity contribution in [3.63, 3.8) is 0 Å². The zero-order valence-corrected chi connectivity index (χ0v) is 11.6. The van der Waals surface area contributed by atoms with Crippen LogP contribution in [0.15, 0.2) is 0 Å². The second kappa shape index (κ2) is 9.42. The van der Waals surface area contributed by atoms with Crippen LogP contribution in [-0.2, 0) is 9.53 Å². The van der Waals surface area contributed by atoms with E-state index in [1.807, 2.05) is 13.8 Å². The summed E-state index contributed by atoms with van der Waals surface area (Å²) < 4.78 is 5.52. The highest BCUT2D eigenvalue weighted by molar-refractivity contribution is 5.84. The molecule has 0 aliphatic carbocycles. The standard InChI is InChI=1S/C13H28N2O2/c1-4-6-7-8-10-17-11-9-13(3,12(14)16)15-5-2/h15H,4-11H2,1-3H3,(H2,14,16). The first-order valence-electron chi connectivity index (χ1n) is 6.69. The molecule has 0 aromatic heterocycles. The average Bonchev–Trinajstić information content (AvgIpc) is 2.28.